The SMILES string of the molecule is NCC1(Cc2cccc(O)c2)CCCOC1. The molecule has 1 fully saturated rings. The molecule has 1 aliphatic rings. The molecule has 1 saturated heterocycles. The van der Waals surface area contributed by atoms with E-state index in [1.54, 1.807) is 6.07 Å². The van der Waals surface area contributed by atoms with Crippen LogP contribution >= 0.6 is 0 Å². The summed E-state index contributed by atoms with van der Waals surface area (Å²) in [6.45, 7) is 2.23. The Morgan fingerprint density at radius 2 is 2.31 bits per heavy atom. The quantitative estimate of drug-likeness (QED) is 0.816. The Balaban J connectivity index is 2.11. The summed E-state index contributed by atoms with van der Waals surface area (Å²) in [4.78, 5) is 0. The summed E-state index contributed by atoms with van der Waals surface area (Å²) in [5.74, 6) is 0.321. The van der Waals surface area contributed by atoms with Crippen molar-refractivity contribution in [1.29, 1.82) is 0 Å². The molecule has 1 atom stereocenters. The van der Waals surface area contributed by atoms with Crippen LogP contribution in [0.15, 0.2) is 24.3 Å². The fourth-order valence-electron chi connectivity index (χ4n) is 2.38. The summed E-state index contributed by atoms with van der Waals surface area (Å²) in [5, 5.41) is 9.44. The summed E-state index contributed by atoms with van der Waals surface area (Å²) in [7, 11) is 0. The molecule has 3 N–H and O–H groups in total. The number of aromatic hydroxyl groups is 1. The molecule has 0 aliphatic carbocycles. The molecule has 88 valence electrons. The number of benzene rings is 1. The van der Waals surface area contributed by atoms with Crippen molar-refractivity contribution < 1.29 is 9.84 Å². The first-order chi connectivity index (χ1) is 7.74. The second-order valence-corrected chi connectivity index (χ2v) is 4.71. The van der Waals surface area contributed by atoms with Crippen LogP contribution in [0, 0.1) is 5.41 Å². The molecule has 3 nitrogen and oxygen atoms in total. The van der Waals surface area contributed by atoms with Gasteiger partial charge in [-0.25, -0.2) is 0 Å². The van der Waals surface area contributed by atoms with E-state index in [1.807, 2.05) is 18.2 Å². The maximum absolute atomic E-state index is 9.44. The highest BCUT2D eigenvalue weighted by Crippen LogP contribution is 2.32. The maximum atomic E-state index is 9.44. The molecule has 0 spiro atoms. The minimum absolute atomic E-state index is 0.0616. The molecular weight excluding hydrogens is 202 g/mol. The van der Waals surface area contributed by atoms with E-state index in [0.717, 1.165) is 38.0 Å². The van der Waals surface area contributed by atoms with Gasteiger partial charge in [0.05, 0.1) is 6.61 Å². The molecule has 2 rings (SSSR count). The van der Waals surface area contributed by atoms with Gasteiger partial charge < -0.3 is 15.6 Å². The highest BCUT2D eigenvalue weighted by molar-refractivity contribution is 5.28. The molecule has 0 amide bonds. The molecule has 3 heteroatoms. The number of hydrogen-bond acceptors (Lipinski definition) is 3. The average molecular weight is 221 g/mol. The Hall–Kier alpha value is -1.06. The van der Waals surface area contributed by atoms with Crippen molar-refractivity contribution >= 4 is 0 Å². The van der Waals surface area contributed by atoms with Crippen LogP contribution in [0.2, 0.25) is 0 Å². The first-order valence-electron chi connectivity index (χ1n) is 5.80. The van der Waals surface area contributed by atoms with Gasteiger partial charge in [0.1, 0.15) is 5.75 Å². The third kappa shape index (κ3) is 2.54. The predicted octanol–water partition coefficient (Wildman–Crippen LogP) is 1.69. The Morgan fingerprint density at radius 3 is 2.94 bits per heavy atom. The lowest BCUT2D eigenvalue weighted by Crippen LogP contribution is -2.40. The maximum Gasteiger partial charge on any atom is 0.115 e. The van der Waals surface area contributed by atoms with Crippen molar-refractivity contribution in [3.05, 3.63) is 29.8 Å². The molecule has 0 saturated carbocycles. The summed E-state index contributed by atoms with van der Waals surface area (Å²) in [5.41, 5.74) is 7.08. The van der Waals surface area contributed by atoms with E-state index in [1.165, 1.54) is 0 Å². The Kier molecular flexibility index (Phi) is 3.46. The topological polar surface area (TPSA) is 55.5 Å². The number of ether oxygens (including phenoxy) is 1. The van der Waals surface area contributed by atoms with Crippen molar-refractivity contribution in [3.8, 4) is 5.75 Å². The van der Waals surface area contributed by atoms with Gasteiger partial charge in [-0.15, -0.1) is 0 Å². The summed E-state index contributed by atoms with van der Waals surface area (Å²) >= 11 is 0. The van der Waals surface area contributed by atoms with E-state index < -0.39 is 0 Å². The van der Waals surface area contributed by atoms with Crippen LogP contribution in [0.4, 0.5) is 0 Å². The van der Waals surface area contributed by atoms with Crippen LogP contribution in [0.3, 0.4) is 0 Å². The molecule has 1 aliphatic heterocycles. The van der Waals surface area contributed by atoms with E-state index in [9.17, 15) is 5.11 Å². The summed E-state index contributed by atoms with van der Waals surface area (Å²) in [6.07, 6.45) is 3.08. The van der Waals surface area contributed by atoms with E-state index in [0.29, 0.717) is 12.3 Å². The highest BCUT2D eigenvalue weighted by atomic mass is 16.5. The Morgan fingerprint density at radius 1 is 1.44 bits per heavy atom. The lowest BCUT2D eigenvalue weighted by Gasteiger charge is -2.36. The first kappa shape index (κ1) is 11.4. The lowest BCUT2D eigenvalue weighted by molar-refractivity contribution is -0.00265. The van der Waals surface area contributed by atoms with Gasteiger partial charge in [0, 0.05) is 18.6 Å². The monoisotopic (exact) mass is 221 g/mol. The minimum Gasteiger partial charge on any atom is -0.508 e. The molecule has 1 aromatic carbocycles. The van der Waals surface area contributed by atoms with Crippen LogP contribution in [0.1, 0.15) is 18.4 Å². The molecule has 1 unspecified atom stereocenters. The number of nitrogens with two attached hydrogens (primary N) is 1. The van der Waals surface area contributed by atoms with Crippen LogP contribution in [0.5, 0.6) is 5.75 Å². The average Bonchev–Trinajstić information content (AvgIpc) is 2.30. The molecule has 0 radical (unpaired) electrons. The molecule has 1 heterocycles. The van der Waals surface area contributed by atoms with Crippen LogP contribution in [0.25, 0.3) is 0 Å². The van der Waals surface area contributed by atoms with E-state index in [-0.39, 0.29) is 5.41 Å². The zero-order chi connectivity index (χ0) is 11.4. The van der Waals surface area contributed by atoms with Crippen LogP contribution in [-0.4, -0.2) is 24.9 Å². The molecular formula is C13H19NO2. The third-order valence-corrected chi connectivity index (χ3v) is 3.33. The molecule has 0 bridgehead atoms. The van der Waals surface area contributed by atoms with Gasteiger partial charge in [0.2, 0.25) is 0 Å². The van der Waals surface area contributed by atoms with Crippen molar-refractivity contribution in [2.75, 3.05) is 19.8 Å². The summed E-state index contributed by atoms with van der Waals surface area (Å²) < 4.78 is 5.54. The van der Waals surface area contributed by atoms with Gasteiger partial charge in [-0.3, -0.25) is 0 Å². The van der Waals surface area contributed by atoms with Crippen molar-refractivity contribution in [2.24, 2.45) is 11.1 Å². The fourth-order valence-corrected chi connectivity index (χ4v) is 2.38. The summed E-state index contributed by atoms with van der Waals surface area (Å²) in [6, 6.07) is 7.41. The molecule has 0 aromatic heterocycles. The van der Waals surface area contributed by atoms with Gasteiger partial charge >= 0.3 is 0 Å². The van der Waals surface area contributed by atoms with Gasteiger partial charge in [0.15, 0.2) is 0 Å². The van der Waals surface area contributed by atoms with E-state index in [4.69, 9.17) is 10.5 Å². The standard InChI is InChI=1S/C13H19NO2/c14-9-13(5-2-6-16-10-13)8-11-3-1-4-12(15)7-11/h1,3-4,7,15H,2,5-6,8-10,14H2. The number of rotatable bonds is 3. The minimum atomic E-state index is 0.0616. The molecule has 16 heavy (non-hydrogen) atoms. The smallest absolute Gasteiger partial charge is 0.115 e. The predicted molar refractivity (Wildman–Crippen MR) is 63.4 cm³/mol. The third-order valence-electron chi connectivity index (χ3n) is 3.33. The highest BCUT2D eigenvalue weighted by Gasteiger charge is 2.31. The number of hydrogen-bond donors (Lipinski definition) is 2. The normalized spacial score (nSPS) is 25.6. The van der Waals surface area contributed by atoms with Crippen LogP contribution < -0.4 is 5.73 Å². The Bertz CT molecular complexity index is 346. The molecule has 1 aromatic rings. The van der Waals surface area contributed by atoms with Gasteiger partial charge in [-0.2, -0.15) is 0 Å². The second-order valence-electron chi connectivity index (χ2n) is 4.71. The number of phenols is 1. The van der Waals surface area contributed by atoms with Gasteiger partial charge in [-0.05, 0) is 37.0 Å². The van der Waals surface area contributed by atoms with Crippen molar-refractivity contribution in [2.45, 2.75) is 19.3 Å². The van der Waals surface area contributed by atoms with E-state index in [2.05, 4.69) is 0 Å². The lowest BCUT2D eigenvalue weighted by atomic mass is 9.77. The van der Waals surface area contributed by atoms with Crippen LogP contribution in [-0.2, 0) is 11.2 Å². The largest absolute Gasteiger partial charge is 0.508 e. The van der Waals surface area contributed by atoms with E-state index >= 15 is 0 Å². The fraction of sp³-hybridized carbons (Fsp3) is 0.538. The first-order valence-corrected chi connectivity index (χ1v) is 5.80. The zero-order valence-corrected chi connectivity index (χ0v) is 9.48. The van der Waals surface area contributed by atoms with Gasteiger partial charge in [-0.1, -0.05) is 12.1 Å². The van der Waals surface area contributed by atoms with Gasteiger partial charge in [0.25, 0.3) is 0 Å². The number of phenolic OH excluding ortho intramolecular Hbond substituents is 1. The second kappa shape index (κ2) is 4.85. The van der Waals surface area contributed by atoms with Crippen molar-refractivity contribution in [3.63, 3.8) is 0 Å². The zero-order valence-electron chi connectivity index (χ0n) is 9.48. The Labute approximate surface area is 96.2 Å². The van der Waals surface area contributed by atoms with Crippen molar-refractivity contribution in [1.82, 2.24) is 0 Å².